The van der Waals surface area contributed by atoms with Gasteiger partial charge in [0.15, 0.2) is 0 Å². The first-order valence-corrected chi connectivity index (χ1v) is 9.17. The number of methoxy groups -OCH3 is 1. The Balaban J connectivity index is 1.46. The first-order valence-electron chi connectivity index (χ1n) is 9.17. The van der Waals surface area contributed by atoms with E-state index in [1.54, 1.807) is 13.3 Å². The zero-order valence-electron chi connectivity index (χ0n) is 15.4. The lowest BCUT2D eigenvalue weighted by Gasteiger charge is -2.17. The van der Waals surface area contributed by atoms with Gasteiger partial charge in [-0.2, -0.15) is 4.98 Å². The zero-order valence-corrected chi connectivity index (χ0v) is 15.4. The number of para-hydroxylation sites is 2. The second-order valence-electron chi connectivity index (χ2n) is 6.46. The van der Waals surface area contributed by atoms with Crippen molar-refractivity contribution in [2.45, 2.75) is 12.8 Å². The van der Waals surface area contributed by atoms with Gasteiger partial charge in [-0.1, -0.05) is 12.1 Å². The Bertz CT molecular complexity index is 891. The van der Waals surface area contributed by atoms with Crippen LogP contribution in [0.5, 0.6) is 5.75 Å². The lowest BCUT2D eigenvalue weighted by atomic mass is 10.2. The highest BCUT2D eigenvalue weighted by Gasteiger charge is 2.12. The number of anilines is 5. The second-order valence-corrected chi connectivity index (χ2v) is 6.46. The van der Waals surface area contributed by atoms with Crippen LogP contribution in [0, 0.1) is 0 Å². The van der Waals surface area contributed by atoms with Crippen LogP contribution >= 0.6 is 0 Å². The number of hydrogen-bond acceptors (Lipinski definition) is 6. The summed E-state index contributed by atoms with van der Waals surface area (Å²) in [4.78, 5) is 11.3. The van der Waals surface area contributed by atoms with E-state index in [0.717, 1.165) is 30.2 Å². The topological polar surface area (TPSA) is 62.3 Å². The summed E-state index contributed by atoms with van der Waals surface area (Å²) in [5.41, 5.74) is 3.09. The van der Waals surface area contributed by atoms with Crippen LogP contribution in [0.1, 0.15) is 12.8 Å². The Hall–Kier alpha value is -3.28. The Kier molecular flexibility index (Phi) is 5.05. The fraction of sp³-hybridized carbons (Fsp3) is 0.238. The lowest BCUT2D eigenvalue weighted by Crippen LogP contribution is -2.17. The monoisotopic (exact) mass is 361 g/mol. The Morgan fingerprint density at radius 3 is 2.48 bits per heavy atom. The van der Waals surface area contributed by atoms with E-state index in [4.69, 9.17) is 4.74 Å². The maximum Gasteiger partial charge on any atom is 0.229 e. The molecule has 0 atom stereocenters. The number of nitrogens with zero attached hydrogens (tertiary/aromatic N) is 3. The van der Waals surface area contributed by atoms with Crippen molar-refractivity contribution in [3.63, 3.8) is 0 Å². The molecule has 1 saturated heterocycles. The predicted molar refractivity (Wildman–Crippen MR) is 109 cm³/mol. The largest absolute Gasteiger partial charge is 0.495 e. The number of benzene rings is 2. The molecule has 2 heterocycles. The van der Waals surface area contributed by atoms with Crippen LogP contribution in [-0.2, 0) is 0 Å². The van der Waals surface area contributed by atoms with E-state index in [1.807, 2.05) is 30.3 Å². The van der Waals surface area contributed by atoms with E-state index >= 15 is 0 Å². The van der Waals surface area contributed by atoms with Gasteiger partial charge in [0.2, 0.25) is 5.95 Å². The van der Waals surface area contributed by atoms with E-state index in [-0.39, 0.29) is 0 Å². The highest BCUT2D eigenvalue weighted by molar-refractivity contribution is 5.65. The molecule has 138 valence electrons. The van der Waals surface area contributed by atoms with Crippen molar-refractivity contribution in [1.82, 2.24) is 9.97 Å². The van der Waals surface area contributed by atoms with Gasteiger partial charge in [-0.05, 0) is 55.3 Å². The molecule has 2 N–H and O–H groups in total. The van der Waals surface area contributed by atoms with Gasteiger partial charge in [-0.3, -0.25) is 0 Å². The van der Waals surface area contributed by atoms with Crippen molar-refractivity contribution >= 4 is 28.8 Å². The second kappa shape index (κ2) is 7.95. The molecule has 0 spiro atoms. The number of rotatable bonds is 6. The fourth-order valence-corrected chi connectivity index (χ4v) is 3.23. The van der Waals surface area contributed by atoms with E-state index in [9.17, 15) is 0 Å². The van der Waals surface area contributed by atoms with Gasteiger partial charge in [0.1, 0.15) is 11.6 Å². The third-order valence-electron chi connectivity index (χ3n) is 4.62. The minimum atomic E-state index is 0.545. The Morgan fingerprint density at radius 2 is 1.70 bits per heavy atom. The van der Waals surface area contributed by atoms with Crippen molar-refractivity contribution in [3.05, 3.63) is 60.8 Å². The third kappa shape index (κ3) is 4.11. The molecule has 0 unspecified atom stereocenters. The normalized spacial score (nSPS) is 13.4. The maximum absolute atomic E-state index is 5.37. The van der Waals surface area contributed by atoms with Crippen LogP contribution in [0.3, 0.4) is 0 Å². The summed E-state index contributed by atoms with van der Waals surface area (Å²) in [5, 5.41) is 6.54. The van der Waals surface area contributed by atoms with E-state index < -0.39 is 0 Å². The fourth-order valence-electron chi connectivity index (χ4n) is 3.23. The molecule has 0 aliphatic carbocycles. The average molecular weight is 361 g/mol. The molecule has 6 nitrogen and oxygen atoms in total. The van der Waals surface area contributed by atoms with Gasteiger partial charge in [0.05, 0.1) is 12.8 Å². The van der Waals surface area contributed by atoms with Gasteiger partial charge >= 0.3 is 0 Å². The van der Waals surface area contributed by atoms with Crippen molar-refractivity contribution in [2.24, 2.45) is 0 Å². The number of ether oxygens (including phenoxy) is 1. The SMILES string of the molecule is COc1ccccc1Nc1ccnc(Nc2ccc(N3CCCC3)cc2)n1. The van der Waals surface area contributed by atoms with Gasteiger partial charge in [0, 0.05) is 30.7 Å². The zero-order chi connectivity index (χ0) is 18.5. The predicted octanol–water partition coefficient (Wildman–Crippen LogP) is 4.57. The molecular weight excluding hydrogens is 338 g/mol. The van der Waals surface area contributed by atoms with Crippen molar-refractivity contribution in [3.8, 4) is 5.75 Å². The minimum Gasteiger partial charge on any atom is -0.495 e. The summed E-state index contributed by atoms with van der Waals surface area (Å²) in [7, 11) is 1.65. The van der Waals surface area contributed by atoms with Crippen LogP contribution < -0.4 is 20.3 Å². The minimum absolute atomic E-state index is 0.545. The van der Waals surface area contributed by atoms with Gasteiger partial charge in [-0.15, -0.1) is 0 Å². The average Bonchev–Trinajstić information content (AvgIpc) is 3.24. The molecule has 1 fully saturated rings. The van der Waals surface area contributed by atoms with Crippen molar-refractivity contribution in [1.29, 1.82) is 0 Å². The lowest BCUT2D eigenvalue weighted by molar-refractivity contribution is 0.417. The standard InChI is InChI=1S/C21H23N5O/c1-27-19-7-3-2-6-18(19)24-20-12-13-22-21(25-20)23-16-8-10-17(11-9-16)26-14-4-5-15-26/h2-3,6-13H,4-5,14-15H2,1H3,(H2,22,23,24,25). The van der Waals surface area contributed by atoms with E-state index in [1.165, 1.54) is 18.5 Å². The van der Waals surface area contributed by atoms with Crippen LogP contribution in [0.4, 0.5) is 28.8 Å². The molecule has 4 rings (SSSR count). The Labute approximate surface area is 159 Å². The molecule has 0 bridgehead atoms. The summed E-state index contributed by atoms with van der Waals surface area (Å²) in [6, 6.07) is 18.0. The third-order valence-corrected chi connectivity index (χ3v) is 4.62. The van der Waals surface area contributed by atoms with Gasteiger partial charge < -0.3 is 20.3 Å². The summed E-state index contributed by atoms with van der Waals surface area (Å²) < 4.78 is 5.37. The Morgan fingerprint density at radius 1 is 0.926 bits per heavy atom. The molecule has 0 radical (unpaired) electrons. The number of hydrogen-bond donors (Lipinski definition) is 2. The highest BCUT2D eigenvalue weighted by atomic mass is 16.5. The molecule has 1 aliphatic heterocycles. The van der Waals surface area contributed by atoms with Crippen molar-refractivity contribution < 1.29 is 4.74 Å². The first-order chi connectivity index (χ1) is 13.3. The molecule has 27 heavy (non-hydrogen) atoms. The summed E-state index contributed by atoms with van der Waals surface area (Å²) in [6.45, 7) is 2.29. The van der Waals surface area contributed by atoms with E-state index in [2.05, 4.69) is 49.8 Å². The van der Waals surface area contributed by atoms with E-state index in [0.29, 0.717) is 11.8 Å². The van der Waals surface area contributed by atoms with Crippen LogP contribution in [0.15, 0.2) is 60.8 Å². The smallest absolute Gasteiger partial charge is 0.229 e. The number of nitrogens with one attached hydrogen (secondary N) is 2. The molecule has 3 aromatic rings. The van der Waals surface area contributed by atoms with Gasteiger partial charge in [0.25, 0.3) is 0 Å². The molecule has 2 aromatic carbocycles. The summed E-state index contributed by atoms with van der Waals surface area (Å²) in [5.74, 6) is 2.01. The maximum atomic E-state index is 5.37. The highest BCUT2D eigenvalue weighted by Crippen LogP contribution is 2.27. The number of aromatic nitrogens is 2. The molecular formula is C21H23N5O. The van der Waals surface area contributed by atoms with Crippen LogP contribution in [-0.4, -0.2) is 30.2 Å². The van der Waals surface area contributed by atoms with Crippen molar-refractivity contribution in [2.75, 3.05) is 35.7 Å². The summed E-state index contributed by atoms with van der Waals surface area (Å²) in [6.07, 6.45) is 4.28. The molecule has 0 saturated carbocycles. The molecule has 1 aromatic heterocycles. The quantitative estimate of drug-likeness (QED) is 0.670. The van der Waals surface area contributed by atoms with Crippen LogP contribution in [0.25, 0.3) is 0 Å². The van der Waals surface area contributed by atoms with Gasteiger partial charge in [-0.25, -0.2) is 4.98 Å². The first kappa shape index (κ1) is 17.1. The van der Waals surface area contributed by atoms with Crippen LogP contribution in [0.2, 0.25) is 0 Å². The molecule has 6 heteroatoms. The molecule has 1 aliphatic rings. The summed E-state index contributed by atoms with van der Waals surface area (Å²) >= 11 is 0. The molecule has 0 amide bonds.